The number of nitrogens with one attached hydrogen (secondary N) is 1. The molecule has 0 spiro atoms. The van der Waals surface area contributed by atoms with Crippen LogP contribution < -0.4 is 5.32 Å². The first-order chi connectivity index (χ1) is 11.4. The number of carbonyl (C=O) groups is 1. The summed E-state index contributed by atoms with van der Waals surface area (Å²) in [5.41, 5.74) is 0.136. The predicted octanol–water partition coefficient (Wildman–Crippen LogP) is 2.01. The van der Waals surface area contributed by atoms with E-state index in [1.54, 1.807) is 17.9 Å². The Balaban J connectivity index is 1.73. The zero-order chi connectivity index (χ0) is 17.3. The van der Waals surface area contributed by atoms with Gasteiger partial charge in [0, 0.05) is 24.2 Å². The molecule has 1 amide bonds. The van der Waals surface area contributed by atoms with Crippen LogP contribution in [0.15, 0.2) is 28.8 Å². The molecule has 2 atom stereocenters. The van der Waals surface area contributed by atoms with Crippen LogP contribution in [0.3, 0.4) is 0 Å². The van der Waals surface area contributed by atoms with Crippen molar-refractivity contribution >= 4 is 11.7 Å². The number of aryl methyl sites for hydroxylation is 1. The standard InChI is InChI=1S/C16H17F2N3O3/c1-9-4-15(20-24-9)19-16(23)8-21-7-11(22)6-14(21)12-5-10(17)2-3-13(12)18/h2-5,11,14,22H,6-8H2,1H3,(H,19,20,23). The van der Waals surface area contributed by atoms with E-state index in [2.05, 4.69) is 10.5 Å². The van der Waals surface area contributed by atoms with Crippen molar-refractivity contribution in [3.05, 3.63) is 47.2 Å². The normalized spacial score (nSPS) is 21.2. The van der Waals surface area contributed by atoms with Gasteiger partial charge in [-0.3, -0.25) is 9.69 Å². The summed E-state index contributed by atoms with van der Waals surface area (Å²) in [5, 5.41) is 16.1. The molecule has 2 heterocycles. The monoisotopic (exact) mass is 337 g/mol. The second-order valence-corrected chi connectivity index (χ2v) is 5.87. The molecule has 2 N–H and O–H groups in total. The first kappa shape index (κ1) is 16.5. The minimum absolute atomic E-state index is 0.0798. The second kappa shape index (κ2) is 6.66. The van der Waals surface area contributed by atoms with Crippen molar-refractivity contribution in [2.24, 2.45) is 0 Å². The largest absolute Gasteiger partial charge is 0.392 e. The molecule has 0 aliphatic carbocycles. The molecule has 2 aromatic rings. The number of aromatic nitrogens is 1. The molecule has 6 nitrogen and oxygen atoms in total. The highest BCUT2D eigenvalue weighted by Crippen LogP contribution is 2.33. The van der Waals surface area contributed by atoms with E-state index in [0.717, 1.165) is 18.2 Å². The molecule has 1 aliphatic rings. The van der Waals surface area contributed by atoms with E-state index in [-0.39, 0.29) is 36.8 Å². The van der Waals surface area contributed by atoms with Crippen molar-refractivity contribution in [2.45, 2.75) is 25.5 Å². The van der Waals surface area contributed by atoms with Crippen LogP contribution in [0.5, 0.6) is 0 Å². The van der Waals surface area contributed by atoms with Crippen LogP contribution in [-0.2, 0) is 4.79 Å². The third kappa shape index (κ3) is 3.60. The lowest BCUT2D eigenvalue weighted by atomic mass is 10.0. The Kier molecular flexibility index (Phi) is 4.59. The number of carbonyl (C=O) groups excluding carboxylic acids is 1. The number of hydrogen-bond donors (Lipinski definition) is 2. The molecule has 8 heteroatoms. The van der Waals surface area contributed by atoms with E-state index in [1.165, 1.54) is 0 Å². The summed E-state index contributed by atoms with van der Waals surface area (Å²) in [5.74, 6) is -0.658. The highest BCUT2D eigenvalue weighted by Gasteiger charge is 2.35. The number of β-amino-alcohol motifs (C(OH)–C–C–N with tert-alkyl or cyclic N) is 1. The van der Waals surface area contributed by atoms with Gasteiger partial charge in [0.25, 0.3) is 0 Å². The lowest BCUT2D eigenvalue weighted by Gasteiger charge is -2.24. The average Bonchev–Trinajstić information content (AvgIpc) is 3.07. The predicted molar refractivity (Wildman–Crippen MR) is 81.2 cm³/mol. The maximum Gasteiger partial charge on any atom is 0.239 e. The smallest absolute Gasteiger partial charge is 0.239 e. The topological polar surface area (TPSA) is 78.6 Å². The van der Waals surface area contributed by atoms with Crippen LogP contribution in [0.2, 0.25) is 0 Å². The Labute approximate surface area is 137 Å². The minimum Gasteiger partial charge on any atom is -0.392 e. The van der Waals surface area contributed by atoms with Gasteiger partial charge < -0.3 is 14.9 Å². The van der Waals surface area contributed by atoms with Crippen LogP contribution in [0.1, 0.15) is 23.8 Å². The molecule has 0 radical (unpaired) electrons. The summed E-state index contributed by atoms with van der Waals surface area (Å²) in [6, 6.07) is 4.19. The van der Waals surface area contributed by atoms with E-state index in [0.29, 0.717) is 5.76 Å². The minimum atomic E-state index is -0.709. The molecule has 1 fully saturated rings. The highest BCUT2D eigenvalue weighted by molar-refractivity contribution is 5.91. The lowest BCUT2D eigenvalue weighted by molar-refractivity contribution is -0.117. The van der Waals surface area contributed by atoms with Gasteiger partial charge in [-0.25, -0.2) is 8.78 Å². The van der Waals surface area contributed by atoms with Gasteiger partial charge in [0.2, 0.25) is 5.91 Å². The molecular formula is C16H17F2N3O3. The number of anilines is 1. The zero-order valence-corrected chi connectivity index (χ0v) is 13.0. The summed E-state index contributed by atoms with van der Waals surface area (Å²) in [4.78, 5) is 13.7. The number of aliphatic hydroxyl groups is 1. The number of benzene rings is 1. The Hall–Kier alpha value is -2.32. The van der Waals surface area contributed by atoms with Crippen LogP contribution in [0.25, 0.3) is 0 Å². The highest BCUT2D eigenvalue weighted by atomic mass is 19.1. The van der Waals surface area contributed by atoms with E-state index in [4.69, 9.17) is 4.52 Å². The SMILES string of the molecule is Cc1cc(NC(=O)CN2CC(O)CC2c2cc(F)ccc2F)no1. The van der Waals surface area contributed by atoms with Crippen molar-refractivity contribution in [1.29, 1.82) is 0 Å². The third-order valence-corrected chi connectivity index (χ3v) is 3.94. The summed E-state index contributed by atoms with van der Waals surface area (Å²) < 4.78 is 32.3. The van der Waals surface area contributed by atoms with Crippen LogP contribution >= 0.6 is 0 Å². The fraction of sp³-hybridized carbons (Fsp3) is 0.375. The molecule has 1 aromatic heterocycles. The quantitative estimate of drug-likeness (QED) is 0.892. The number of aliphatic hydroxyl groups excluding tert-OH is 1. The summed E-state index contributed by atoms with van der Waals surface area (Å²) >= 11 is 0. The van der Waals surface area contributed by atoms with Gasteiger partial charge in [-0.15, -0.1) is 0 Å². The van der Waals surface area contributed by atoms with Crippen LogP contribution in [0, 0.1) is 18.6 Å². The Morgan fingerprint density at radius 2 is 2.25 bits per heavy atom. The fourth-order valence-electron chi connectivity index (χ4n) is 2.94. The number of likely N-dealkylation sites (tertiary alicyclic amines) is 1. The first-order valence-electron chi connectivity index (χ1n) is 7.52. The molecule has 3 rings (SSSR count). The van der Waals surface area contributed by atoms with Gasteiger partial charge >= 0.3 is 0 Å². The molecule has 1 aliphatic heterocycles. The maximum absolute atomic E-state index is 14.0. The number of nitrogens with zero attached hydrogens (tertiary/aromatic N) is 2. The number of rotatable bonds is 4. The average molecular weight is 337 g/mol. The zero-order valence-electron chi connectivity index (χ0n) is 13.0. The third-order valence-electron chi connectivity index (χ3n) is 3.94. The van der Waals surface area contributed by atoms with E-state index >= 15 is 0 Å². The molecule has 0 saturated carbocycles. The molecule has 24 heavy (non-hydrogen) atoms. The van der Waals surface area contributed by atoms with Gasteiger partial charge in [0.1, 0.15) is 17.4 Å². The molecule has 128 valence electrons. The van der Waals surface area contributed by atoms with E-state index < -0.39 is 23.8 Å². The maximum atomic E-state index is 14.0. The Morgan fingerprint density at radius 3 is 2.96 bits per heavy atom. The summed E-state index contributed by atoms with van der Waals surface area (Å²) in [6.45, 7) is 1.82. The number of amides is 1. The van der Waals surface area contributed by atoms with Crippen molar-refractivity contribution in [1.82, 2.24) is 10.1 Å². The van der Waals surface area contributed by atoms with E-state index in [9.17, 15) is 18.7 Å². The molecule has 1 aromatic carbocycles. The van der Waals surface area contributed by atoms with Gasteiger partial charge in [-0.05, 0) is 31.5 Å². The summed E-state index contributed by atoms with van der Waals surface area (Å²) in [6.07, 6.45) is -0.476. The fourth-order valence-corrected chi connectivity index (χ4v) is 2.94. The van der Waals surface area contributed by atoms with Crippen molar-refractivity contribution in [3.8, 4) is 0 Å². The van der Waals surface area contributed by atoms with Crippen LogP contribution in [0.4, 0.5) is 14.6 Å². The molecule has 0 bridgehead atoms. The molecule has 1 saturated heterocycles. The van der Waals surface area contributed by atoms with Crippen molar-refractivity contribution < 1.29 is 23.2 Å². The second-order valence-electron chi connectivity index (χ2n) is 5.87. The Morgan fingerprint density at radius 1 is 1.46 bits per heavy atom. The summed E-state index contributed by atoms with van der Waals surface area (Å²) in [7, 11) is 0. The lowest BCUT2D eigenvalue weighted by Crippen LogP contribution is -2.34. The number of hydrogen-bond acceptors (Lipinski definition) is 5. The Bertz CT molecular complexity index is 750. The van der Waals surface area contributed by atoms with Gasteiger partial charge in [-0.2, -0.15) is 0 Å². The number of halogens is 2. The van der Waals surface area contributed by atoms with E-state index in [1.807, 2.05) is 0 Å². The van der Waals surface area contributed by atoms with Gasteiger partial charge in [-0.1, -0.05) is 5.16 Å². The van der Waals surface area contributed by atoms with Gasteiger partial charge in [0.15, 0.2) is 5.82 Å². The van der Waals surface area contributed by atoms with Crippen molar-refractivity contribution in [3.63, 3.8) is 0 Å². The first-order valence-corrected chi connectivity index (χ1v) is 7.52. The van der Waals surface area contributed by atoms with Crippen molar-refractivity contribution in [2.75, 3.05) is 18.4 Å². The van der Waals surface area contributed by atoms with Gasteiger partial charge in [0.05, 0.1) is 12.6 Å². The molecule has 2 unspecified atom stereocenters. The molecular weight excluding hydrogens is 320 g/mol. The van der Waals surface area contributed by atoms with Crippen LogP contribution in [-0.4, -0.2) is 40.3 Å².